The van der Waals surface area contributed by atoms with Gasteiger partial charge in [0.2, 0.25) is 5.91 Å². The highest BCUT2D eigenvalue weighted by atomic mass is 16.5. The summed E-state index contributed by atoms with van der Waals surface area (Å²) in [4.78, 5) is 27.0. The largest absolute Gasteiger partial charge is 0.504 e. The van der Waals surface area contributed by atoms with Crippen LogP contribution in [0.25, 0.3) is 12.2 Å². The molecule has 1 saturated heterocycles. The standard InChI is InChI=1S/C27H31NO6/c1-33-25-17-20(6-10-23(25)30)5-9-22(29)16-19-4-3-14-28(15-13-19)27(32)12-8-21-7-11-24(31)26(18-21)34-2/h5-12,17-19,30-31H,3-4,13-16H2,1-2H3. The summed E-state index contributed by atoms with van der Waals surface area (Å²) in [7, 11) is 2.96. The molecule has 0 aliphatic carbocycles. The number of hydrogen-bond acceptors (Lipinski definition) is 6. The number of phenols is 2. The molecule has 0 aromatic heterocycles. The first-order valence-corrected chi connectivity index (χ1v) is 11.3. The van der Waals surface area contributed by atoms with Crippen LogP contribution in [0.3, 0.4) is 0 Å². The molecular weight excluding hydrogens is 434 g/mol. The summed E-state index contributed by atoms with van der Waals surface area (Å²) in [5, 5.41) is 19.4. The fourth-order valence-electron chi connectivity index (χ4n) is 4.00. The predicted molar refractivity (Wildman–Crippen MR) is 131 cm³/mol. The number of nitrogens with zero attached hydrogens (tertiary/aromatic N) is 1. The second-order valence-corrected chi connectivity index (χ2v) is 8.32. The number of rotatable bonds is 8. The summed E-state index contributed by atoms with van der Waals surface area (Å²) in [6.07, 6.45) is 9.49. The van der Waals surface area contributed by atoms with Gasteiger partial charge in [0, 0.05) is 25.6 Å². The number of ether oxygens (including phenoxy) is 2. The van der Waals surface area contributed by atoms with Gasteiger partial charge in [0.05, 0.1) is 14.2 Å². The molecule has 1 aliphatic heterocycles. The van der Waals surface area contributed by atoms with Gasteiger partial charge in [-0.05, 0) is 72.7 Å². The molecule has 2 aromatic rings. The van der Waals surface area contributed by atoms with Crippen molar-refractivity contribution < 1.29 is 29.3 Å². The topological polar surface area (TPSA) is 96.3 Å². The Morgan fingerprint density at radius 3 is 2.09 bits per heavy atom. The Bertz CT molecular complexity index is 1070. The van der Waals surface area contributed by atoms with Gasteiger partial charge in [-0.2, -0.15) is 0 Å². The van der Waals surface area contributed by atoms with Crippen molar-refractivity contribution in [3.8, 4) is 23.0 Å². The molecule has 3 rings (SSSR count). The van der Waals surface area contributed by atoms with E-state index >= 15 is 0 Å². The molecule has 2 aromatic carbocycles. The summed E-state index contributed by atoms with van der Waals surface area (Å²) < 4.78 is 10.2. The molecule has 1 fully saturated rings. The molecule has 2 N–H and O–H groups in total. The Kier molecular flexibility index (Phi) is 8.73. The summed E-state index contributed by atoms with van der Waals surface area (Å²) in [6, 6.07) is 9.85. The third-order valence-electron chi connectivity index (χ3n) is 5.94. The number of carbonyl (C=O) groups is 2. The summed E-state index contributed by atoms with van der Waals surface area (Å²) in [6.45, 7) is 1.27. The number of methoxy groups -OCH3 is 2. The van der Waals surface area contributed by atoms with Crippen LogP contribution in [0.15, 0.2) is 48.6 Å². The number of hydrogen-bond donors (Lipinski definition) is 2. The second-order valence-electron chi connectivity index (χ2n) is 8.32. The molecule has 0 bridgehead atoms. The molecule has 34 heavy (non-hydrogen) atoms. The zero-order valence-electron chi connectivity index (χ0n) is 19.6. The van der Waals surface area contributed by atoms with E-state index in [1.807, 2.05) is 4.90 Å². The van der Waals surface area contributed by atoms with E-state index in [0.717, 1.165) is 30.4 Å². The van der Waals surface area contributed by atoms with Crippen LogP contribution in [-0.4, -0.2) is 54.1 Å². The number of ketones is 1. The van der Waals surface area contributed by atoms with Crippen molar-refractivity contribution in [2.75, 3.05) is 27.3 Å². The van der Waals surface area contributed by atoms with Gasteiger partial charge >= 0.3 is 0 Å². The Balaban J connectivity index is 1.51. The minimum absolute atomic E-state index is 0.0398. The lowest BCUT2D eigenvalue weighted by Gasteiger charge is -2.18. The van der Waals surface area contributed by atoms with E-state index in [1.165, 1.54) is 32.4 Å². The summed E-state index contributed by atoms with van der Waals surface area (Å²) in [5.74, 6) is 1.03. The first-order chi connectivity index (χ1) is 16.4. The van der Waals surface area contributed by atoms with Crippen LogP contribution in [0.4, 0.5) is 0 Å². The highest BCUT2D eigenvalue weighted by Gasteiger charge is 2.20. The fourth-order valence-corrected chi connectivity index (χ4v) is 4.00. The highest BCUT2D eigenvalue weighted by Crippen LogP contribution is 2.28. The maximum absolute atomic E-state index is 12.7. The van der Waals surface area contributed by atoms with Crippen molar-refractivity contribution in [1.82, 2.24) is 4.90 Å². The Hall–Kier alpha value is -3.74. The Labute approximate surface area is 199 Å². The molecular formula is C27H31NO6. The van der Waals surface area contributed by atoms with Crippen molar-refractivity contribution in [2.24, 2.45) is 5.92 Å². The fraction of sp³-hybridized carbons (Fsp3) is 0.333. The SMILES string of the molecule is COc1cc(C=CC(=O)CC2CCCN(C(=O)C=Cc3ccc(O)c(OC)c3)CC2)ccc1O. The van der Waals surface area contributed by atoms with Crippen LogP contribution in [0, 0.1) is 5.92 Å². The van der Waals surface area contributed by atoms with Gasteiger partial charge in [0.15, 0.2) is 28.8 Å². The Morgan fingerprint density at radius 1 is 0.912 bits per heavy atom. The van der Waals surface area contributed by atoms with E-state index in [-0.39, 0.29) is 29.1 Å². The number of carbonyl (C=O) groups excluding carboxylic acids is 2. The zero-order chi connectivity index (χ0) is 24.5. The average molecular weight is 466 g/mol. The molecule has 7 heteroatoms. The van der Waals surface area contributed by atoms with Gasteiger partial charge in [-0.15, -0.1) is 0 Å². The van der Waals surface area contributed by atoms with Crippen LogP contribution in [0.1, 0.15) is 36.8 Å². The first-order valence-electron chi connectivity index (χ1n) is 11.3. The van der Waals surface area contributed by atoms with Crippen LogP contribution < -0.4 is 9.47 Å². The number of allylic oxidation sites excluding steroid dienone is 1. The Morgan fingerprint density at radius 2 is 1.50 bits per heavy atom. The van der Waals surface area contributed by atoms with Crippen molar-refractivity contribution in [3.63, 3.8) is 0 Å². The quantitative estimate of drug-likeness (QED) is 0.560. The number of benzene rings is 2. The maximum atomic E-state index is 12.7. The van der Waals surface area contributed by atoms with Gasteiger partial charge in [-0.3, -0.25) is 9.59 Å². The van der Waals surface area contributed by atoms with Gasteiger partial charge in [0.25, 0.3) is 0 Å². The molecule has 180 valence electrons. The molecule has 7 nitrogen and oxygen atoms in total. The molecule has 0 spiro atoms. The lowest BCUT2D eigenvalue weighted by Crippen LogP contribution is -2.30. The number of likely N-dealkylation sites (tertiary alicyclic amines) is 1. The minimum atomic E-state index is -0.0693. The van der Waals surface area contributed by atoms with Crippen molar-refractivity contribution >= 4 is 23.8 Å². The molecule has 1 amide bonds. The third-order valence-corrected chi connectivity index (χ3v) is 5.94. The molecule has 1 heterocycles. The molecule has 1 atom stereocenters. The van der Waals surface area contributed by atoms with Gasteiger partial charge in [-0.1, -0.05) is 18.2 Å². The van der Waals surface area contributed by atoms with Gasteiger partial charge in [-0.25, -0.2) is 0 Å². The molecule has 1 unspecified atom stereocenters. The van der Waals surface area contributed by atoms with Crippen LogP contribution >= 0.6 is 0 Å². The van der Waals surface area contributed by atoms with Gasteiger partial charge < -0.3 is 24.6 Å². The maximum Gasteiger partial charge on any atom is 0.246 e. The highest BCUT2D eigenvalue weighted by molar-refractivity contribution is 5.94. The molecule has 0 radical (unpaired) electrons. The zero-order valence-corrected chi connectivity index (χ0v) is 19.6. The number of aromatic hydroxyl groups is 2. The lowest BCUT2D eigenvalue weighted by molar-refractivity contribution is -0.125. The van der Waals surface area contributed by atoms with Crippen molar-refractivity contribution in [2.45, 2.75) is 25.7 Å². The average Bonchev–Trinajstić information content (AvgIpc) is 3.08. The van der Waals surface area contributed by atoms with Gasteiger partial charge in [0.1, 0.15) is 0 Å². The van der Waals surface area contributed by atoms with E-state index < -0.39 is 0 Å². The van der Waals surface area contributed by atoms with Crippen LogP contribution in [0.5, 0.6) is 23.0 Å². The van der Waals surface area contributed by atoms with E-state index in [1.54, 1.807) is 42.5 Å². The van der Waals surface area contributed by atoms with E-state index in [9.17, 15) is 19.8 Å². The summed E-state index contributed by atoms with van der Waals surface area (Å²) >= 11 is 0. The molecule has 1 aliphatic rings. The lowest BCUT2D eigenvalue weighted by atomic mass is 9.94. The number of phenolic OH excluding ortho intramolecular Hbond substituents is 2. The second kappa shape index (κ2) is 11.9. The minimum Gasteiger partial charge on any atom is -0.504 e. The van der Waals surface area contributed by atoms with E-state index in [2.05, 4.69) is 0 Å². The normalized spacial score (nSPS) is 16.5. The van der Waals surface area contributed by atoms with Crippen LogP contribution in [-0.2, 0) is 9.59 Å². The van der Waals surface area contributed by atoms with Crippen molar-refractivity contribution in [1.29, 1.82) is 0 Å². The first kappa shape index (κ1) is 24.9. The molecule has 0 saturated carbocycles. The van der Waals surface area contributed by atoms with Crippen LogP contribution in [0.2, 0.25) is 0 Å². The summed E-state index contributed by atoms with van der Waals surface area (Å²) in [5.41, 5.74) is 1.54. The monoisotopic (exact) mass is 465 g/mol. The van der Waals surface area contributed by atoms with E-state index in [4.69, 9.17) is 9.47 Å². The number of amides is 1. The smallest absolute Gasteiger partial charge is 0.246 e. The van der Waals surface area contributed by atoms with E-state index in [0.29, 0.717) is 31.0 Å². The van der Waals surface area contributed by atoms with Crippen molar-refractivity contribution in [3.05, 3.63) is 59.7 Å². The predicted octanol–water partition coefficient (Wildman–Crippen LogP) is 4.43. The third kappa shape index (κ3) is 6.88.